The van der Waals surface area contributed by atoms with Crippen LogP contribution >= 0.6 is 11.8 Å². The molecule has 16 heavy (non-hydrogen) atoms. The van der Waals surface area contributed by atoms with Crippen molar-refractivity contribution in [3.63, 3.8) is 0 Å². The molecule has 0 saturated carbocycles. The van der Waals surface area contributed by atoms with E-state index in [1.807, 2.05) is 12.1 Å². The molecule has 0 unspecified atom stereocenters. The van der Waals surface area contributed by atoms with E-state index in [4.69, 9.17) is 5.73 Å². The van der Waals surface area contributed by atoms with Crippen molar-refractivity contribution in [3.05, 3.63) is 48.0 Å². The number of thioether (sulfide) groups is 1. The highest BCUT2D eigenvalue weighted by atomic mass is 32.2. The number of hydrogen-bond acceptors (Lipinski definition) is 4. The molecule has 0 aliphatic heterocycles. The summed E-state index contributed by atoms with van der Waals surface area (Å²) in [7, 11) is 0. The molecule has 0 fully saturated rings. The van der Waals surface area contributed by atoms with Gasteiger partial charge >= 0.3 is 0 Å². The summed E-state index contributed by atoms with van der Waals surface area (Å²) in [6, 6.07) is 8.29. The van der Waals surface area contributed by atoms with E-state index in [0.29, 0.717) is 5.69 Å². The molecule has 2 rings (SSSR count). The maximum absolute atomic E-state index is 5.53. The van der Waals surface area contributed by atoms with Gasteiger partial charge in [-0.3, -0.25) is 0 Å². The second-order valence-corrected chi connectivity index (χ2v) is 4.50. The molecule has 0 aliphatic carbocycles. The number of benzene rings is 1. The predicted octanol–water partition coefficient (Wildman–Crippen LogP) is 2.66. The molecule has 0 bridgehead atoms. The number of hydrogen-bond donors (Lipinski definition) is 1. The third-order valence-electron chi connectivity index (χ3n) is 2.18. The first-order chi connectivity index (χ1) is 7.75. The van der Waals surface area contributed by atoms with Gasteiger partial charge in [0.1, 0.15) is 5.82 Å². The van der Waals surface area contributed by atoms with Gasteiger partial charge in [-0.15, -0.1) is 11.8 Å². The topological polar surface area (TPSA) is 51.8 Å². The van der Waals surface area contributed by atoms with E-state index in [9.17, 15) is 0 Å². The largest absolute Gasteiger partial charge is 0.396 e. The molecule has 1 aromatic carbocycles. The van der Waals surface area contributed by atoms with Crippen molar-refractivity contribution in [2.24, 2.45) is 0 Å². The fourth-order valence-corrected chi connectivity index (χ4v) is 2.20. The van der Waals surface area contributed by atoms with Gasteiger partial charge in [-0.1, -0.05) is 18.2 Å². The average molecular weight is 231 g/mol. The summed E-state index contributed by atoms with van der Waals surface area (Å²) in [4.78, 5) is 9.60. The standard InChI is InChI=1S/C12H13N3S/c1-9-4-2-3-5-11(9)16-8-12-14-6-10(13)7-15-12/h2-7H,8,13H2,1H3. The van der Waals surface area contributed by atoms with Crippen molar-refractivity contribution >= 4 is 17.4 Å². The Morgan fingerprint density at radius 2 is 1.88 bits per heavy atom. The van der Waals surface area contributed by atoms with E-state index >= 15 is 0 Å². The molecule has 4 heteroatoms. The Kier molecular flexibility index (Phi) is 3.41. The Morgan fingerprint density at radius 1 is 1.19 bits per heavy atom. The average Bonchev–Trinajstić information content (AvgIpc) is 2.30. The number of aryl methyl sites for hydroxylation is 1. The summed E-state index contributed by atoms with van der Waals surface area (Å²) in [6.45, 7) is 2.10. The van der Waals surface area contributed by atoms with Gasteiger partial charge in [0.2, 0.25) is 0 Å². The van der Waals surface area contributed by atoms with Crippen LogP contribution < -0.4 is 5.73 Å². The van der Waals surface area contributed by atoms with Crippen LogP contribution in [-0.4, -0.2) is 9.97 Å². The number of rotatable bonds is 3. The zero-order valence-corrected chi connectivity index (χ0v) is 9.87. The molecule has 1 aromatic heterocycles. The molecule has 82 valence electrons. The van der Waals surface area contributed by atoms with Gasteiger partial charge in [-0.05, 0) is 18.6 Å². The predicted molar refractivity (Wildman–Crippen MR) is 67.2 cm³/mol. The highest BCUT2D eigenvalue weighted by Gasteiger charge is 2.00. The minimum absolute atomic E-state index is 0.602. The summed E-state index contributed by atoms with van der Waals surface area (Å²) in [5.41, 5.74) is 7.41. The van der Waals surface area contributed by atoms with Crippen LogP contribution in [0.25, 0.3) is 0 Å². The Bertz CT molecular complexity index is 468. The van der Waals surface area contributed by atoms with Crippen molar-refractivity contribution < 1.29 is 0 Å². The molecular formula is C12H13N3S. The summed E-state index contributed by atoms with van der Waals surface area (Å²) in [5, 5.41) is 0. The van der Waals surface area contributed by atoms with Crippen LogP contribution in [0.2, 0.25) is 0 Å². The zero-order chi connectivity index (χ0) is 11.4. The third kappa shape index (κ3) is 2.73. The van der Waals surface area contributed by atoms with Gasteiger partial charge < -0.3 is 5.73 Å². The summed E-state index contributed by atoms with van der Waals surface area (Å²) >= 11 is 1.74. The smallest absolute Gasteiger partial charge is 0.138 e. The first-order valence-electron chi connectivity index (χ1n) is 5.00. The van der Waals surface area contributed by atoms with Crippen LogP contribution in [0.1, 0.15) is 11.4 Å². The second-order valence-electron chi connectivity index (χ2n) is 3.49. The van der Waals surface area contributed by atoms with E-state index in [1.165, 1.54) is 10.5 Å². The highest BCUT2D eigenvalue weighted by molar-refractivity contribution is 7.98. The van der Waals surface area contributed by atoms with Crippen molar-refractivity contribution in [2.45, 2.75) is 17.6 Å². The van der Waals surface area contributed by atoms with Crippen molar-refractivity contribution in [1.82, 2.24) is 9.97 Å². The molecule has 0 spiro atoms. The van der Waals surface area contributed by atoms with Crippen LogP contribution in [0.3, 0.4) is 0 Å². The second kappa shape index (κ2) is 4.99. The van der Waals surface area contributed by atoms with Gasteiger partial charge in [0, 0.05) is 4.90 Å². The Hall–Kier alpha value is -1.55. The number of anilines is 1. The first-order valence-corrected chi connectivity index (χ1v) is 5.99. The van der Waals surface area contributed by atoms with Crippen molar-refractivity contribution in [2.75, 3.05) is 5.73 Å². The lowest BCUT2D eigenvalue weighted by atomic mass is 10.2. The Labute approximate surface area is 99.1 Å². The van der Waals surface area contributed by atoms with Crippen molar-refractivity contribution in [1.29, 1.82) is 0 Å². The van der Waals surface area contributed by atoms with Crippen LogP contribution in [0.5, 0.6) is 0 Å². The van der Waals surface area contributed by atoms with E-state index < -0.39 is 0 Å². The molecule has 0 saturated heterocycles. The fourth-order valence-electron chi connectivity index (χ4n) is 1.30. The monoisotopic (exact) mass is 231 g/mol. The number of nitrogens with zero attached hydrogens (tertiary/aromatic N) is 2. The van der Waals surface area contributed by atoms with Crippen molar-refractivity contribution in [3.8, 4) is 0 Å². The number of aromatic nitrogens is 2. The van der Waals surface area contributed by atoms with Crippen LogP contribution in [0.4, 0.5) is 5.69 Å². The summed E-state index contributed by atoms with van der Waals surface area (Å²) in [6.07, 6.45) is 3.28. The minimum Gasteiger partial charge on any atom is -0.396 e. The van der Waals surface area contributed by atoms with E-state index in [2.05, 4.69) is 29.0 Å². The molecule has 1 heterocycles. The lowest BCUT2D eigenvalue weighted by Crippen LogP contribution is -1.94. The molecule has 0 radical (unpaired) electrons. The first kappa shape index (κ1) is 11.0. The maximum Gasteiger partial charge on any atom is 0.138 e. The van der Waals surface area contributed by atoms with Gasteiger partial charge in [0.15, 0.2) is 0 Å². The SMILES string of the molecule is Cc1ccccc1SCc1ncc(N)cn1. The van der Waals surface area contributed by atoms with Gasteiger partial charge in [-0.2, -0.15) is 0 Å². The quantitative estimate of drug-likeness (QED) is 0.825. The van der Waals surface area contributed by atoms with Crippen LogP contribution in [0.15, 0.2) is 41.6 Å². The number of nitrogens with two attached hydrogens (primary N) is 1. The maximum atomic E-state index is 5.53. The van der Waals surface area contributed by atoms with Crippen LogP contribution in [-0.2, 0) is 5.75 Å². The lowest BCUT2D eigenvalue weighted by Gasteiger charge is -2.04. The molecule has 2 N–H and O–H groups in total. The molecule has 2 aromatic rings. The normalized spacial score (nSPS) is 10.3. The zero-order valence-electron chi connectivity index (χ0n) is 9.05. The van der Waals surface area contributed by atoms with Gasteiger partial charge in [-0.25, -0.2) is 9.97 Å². The molecule has 3 nitrogen and oxygen atoms in total. The summed E-state index contributed by atoms with van der Waals surface area (Å²) in [5.74, 6) is 1.58. The van der Waals surface area contributed by atoms with Gasteiger partial charge in [0.25, 0.3) is 0 Å². The fraction of sp³-hybridized carbons (Fsp3) is 0.167. The number of nitrogen functional groups attached to an aromatic ring is 1. The summed E-state index contributed by atoms with van der Waals surface area (Å²) < 4.78 is 0. The highest BCUT2D eigenvalue weighted by Crippen LogP contribution is 2.24. The molecular weight excluding hydrogens is 218 g/mol. The van der Waals surface area contributed by atoms with E-state index in [0.717, 1.165) is 11.6 Å². The van der Waals surface area contributed by atoms with E-state index in [-0.39, 0.29) is 0 Å². The Morgan fingerprint density at radius 3 is 2.56 bits per heavy atom. The minimum atomic E-state index is 0.602. The molecule has 0 aliphatic rings. The molecule has 0 atom stereocenters. The molecule has 0 amide bonds. The Balaban J connectivity index is 2.02. The third-order valence-corrected chi connectivity index (χ3v) is 3.35. The van der Waals surface area contributed by atoms with Gasteiger partial charge in [0.05, 0.1) is 23.8 Å². The van der Waals surface area contributed by atoms with E-state index in [1.54, 1.807) is 24.2 Å². The lowest BCUT2D eigenvalue weighted by molar-refractivity contribution is 1.04. The van der Waals surface area contributed by atoms with Crippen LogP contribution in [0, 0.1) is 6.92 Å².